The number of nitrogens with one attached hydrogen (secondary N) is 1. The molecule has 1 aliphatic rings. The minimum atomic E-state index is -0.709. The van der Waals surface area contributed by atoms with Gasteiger partial charge in [-0.3, -0.25) is 9.59 Å². The minimum absolute atomic E-state index is 0.0911. The van der Waals surface area contributed by atoms with Crippen LogP contribution in [0.15, 0.2) is 28.7 Å². The summed E-state index contributed by atoms with van der Waals surface area (Å²) in [7, 11) is 1.73. The van der Waals surface area contributed by atoms with E-state index in [0.29, 0.717) is 18.1 Å². The van der Waals surface area contributed by atoms with Crippen LogP contribution < -0.4 is 5.32 Å². The summed E-state index contributed by atoms with van der Waals surface area (Å²) in [6, 6.07) is 6.93. The number of aromatic nitrogens is 1. The molecule has 0 radical (unpaired) electrons. The van der Waals surface area contributed by atoms with Gasteiger partial charge in [0.1, 0.15) is 6.04 Å². The predicted octanol–water partition coefficient (Wildman–Crippen LogP) is 2.55. The molecule has 0 bridgehead atoms. The van der Waals surface area contributed by atoms with E-state index >= 15 is 0 Å². The third kappa shape index (κ3) is 2.79. The average molecular weight is 327 g/mol. The Morgan fingerprint density at radius 3 is 2.75 bits per heavy atom. The summed E-state index contributed by atoms with van der Waals surface area (Å²) in [6.45, 7) is 6.17. The van der Waals surface area contributed by atoms with Crippen LogP contribution in [0.5, 0.6) is 0 Å². The molecule has 0 fully saturated rings. The van der Waals surface area contributed by atoms with Crippen molar-refractivity contribution in [2.45, 2.75) is 39.3 Å². The number of fused-ring (bicyclic) bond motifs is 1. The molecule has 1 aromatic heterocycles. The van der Waals surface area contributed by atoms with Gasteiger partial charge in [0.05, 0.1) is 5.69 Å². The fourth-order valence-electron chi connectivity index (χ4n) is 2.86. The first-order valence-electron chi connectivity index (χ1n) is 7.99. The van der Waals surface area contributed by atoms with Crippen LogP contribution in [0.25, 0.3) is 0 Å². The van der Waals surface area contributed by atoms with E-state index in [4.69, 9.17) is 4.42 Å². The van der Waals surface area contributed by atoms with Crippen molar-refractivity contribution in [2.24, 2.45) is 0 Å². The van der Waals surface area contributed by atoms with Gasteiger partial charge in [-0.2, -0.15) is 0 Å². The van der Waals surface area contributed by atoms with Crippen LogP contribution in [-0.2, 0) is 11.3 Å². The Bertz CT molecular complexity index is 795. The van der Waals surface area contributed by atoms with Crippen LogP contribution in [-0.4, -0.2) is 28.7 Å². The van der Waals surface area contributed by atoms with Gasteiger partial charge in [-0.1, -0.05) is 38.1 Å². The van der Waals surface area contributed by atoms with Crippen molar-refractivity contribution >= 4 is 11.8 Å². The number of rotatable bonds is 3. The molecule has 1 N–H and O–H groups in total. The lowest BCUT2D eigenvalue weighted by atomic mass is 9.95. The monoisotopic (exact) mass is 327 g/mol. The Labute approximate surface area is 140 Å². The summed E-state index contributed by atoms with van der Waals surface area (Å²) < 4.78 is 5.58. The maximum atomic E-state index is 12.6. The molecule has 2 heterocycles. The first kappa shape index (κ1) is 16.2. The van der Waals surface area contributed by atoms with Gasteiger partial charge in [0, 0.05) is 19.5 Å². The van der Waals surface area contributed by atoms with Crippen LogP contribution in [0.1, 0.15) is 59.1 Å². The van der Waals surface area contributed by atoms with E-state index in [9.17, 15) is 9.59 Å². The van der Waals surface area contributed by atoms with Crippen molar-refractivity contribution in [1.82, 2.24) is 15.2 Å². The SMILES string of the molecule is Cc1nc(C(C)C)oc1C(=O)N[C@H]1C(=O)N(C)Cc2ccccc21. The molecule has 24 heavy (non-hydrogen) atoms. The summed E-state index contributed by atoms with van der Waals surface area (Å²) in [5.74, 6) is 0.217. The van der Waals surface area contributed by atoms with Crippen LogP contribution >= 0.6 is 0 Å². The van der Waals surface area contributed by atoms with E-state index in [1.54, 1.807) is 18.9 Å². The summed E-state index contributed by atoms with van der Waals surface area (Å²) in [5, 5.41) is 2.80. The second kappa shape index (κ2) is 6.11. The highest BCUT2D eigenvalue weighted by Crippen LogP contribution is 2.27. The molecule has 1 aliphatic heterocycles. The first-order chi connectivity index (χ1) is 11.4. The van der Waals surface area contributed by atoms with E-state index in [1.807, 2.05) is 38.1 Å². The van der Waals surface area contributed by atoms with Crippen molar-refractivity contribution in [3.05, 3.63) is 52.7 Å². The molecule has 0 aliphatic carbocycles. The summed E-state index contributed by atoms with van der Waals surface area (Å²) >= 11 is 0. The minimum Gasteiger partial charge on any atom is -0.435 e. The highest BCUT2D eigenvalue weighted by Gasteiger charge is 2.33. The van der Waals surface area contributed by atoms with Gasteiger partial charge in [-0.05, 0) is 18.1 Å². The van der Waals surface area contributed by atoms with Crippen molar-refractivity contribution in [1.29, 1.82) is 0 Å². The second-order valence-electron chi connectivity index (χ2n) is 6.42. The fourth-order valence-corrected chi connectivity index (χ4v) is 2.86. The largest absolute Gasteiger partial charge is 0.435 e. The Morgan fingerprint density at radius 1 is 1.38 bits per heavy atom. The predicted molar refractivity (Wildman–Crippen MR) is 88.5 cm³/mol. The zero-order chi connectivity index (χ0) is 17.4. The highest BCUT2D eigenvalue weighted by atomic mass is 16.4. The third-order valence-electron chi connectivity index (χ3n) is 4.19. The van der Waals surface area contributed by atoms with Crippen molar-refractivity contribution < 1.29 is 14.0 Å². The molecule has 0 saturated heterocycles. The quantitative estimate of drug-likeness (QED) is 0.940. The summed E-state index contributed by atoms with van der Waals surface area (Å²) in [6.07, 6.45) is 0. The molecule has 1 atom stereocenters. The summed E-state index contributed by atoms with van der Waals surface area (Å²) in [4.78, 5) is 31.0. The number of hydrogen-bond donors (Lipinski definition) is 1. The molecule has 1 aromatic carbocycles. The van der Waals surface area contributed by atoms with Gasteiger partial charge in [0.25, 0.3) is 5.91 Å². The van der Waals surface area contributed by atoms with Gasteiger partial charge >= 0.3 is 0 Å². The van der Waals surface area contributed by atoms with Crippen LogP contribution in [0.4, 0.5) is 0 Å². The number of amides is 2. The number of nitrogens with zero attached hydrogens (tertiary/aromatic N) is 2. The lowest BCUT2D eigenvalue weighted by Gasteiger charge is -2.31. The molecular formula is C18H21N3O3. The smallest absolute Gasteiger partial charge is 0.289 e. The maximum Gasteiger partial charge on any atom is 0.289 e. The maximum absolute atomic E-state index is 12.6. The zero-order valence-corrected chi connectivity index (χ0v) is 14.3. The molecule has 0 saturated carbocycles. The Hall–Kier alpha value is -2.63. The van der Waals surface area contributed by atoms with Gasteiger partial charge in [0.15, 0.2) is 5.89 Å². The van der Waals surface area contributed by atoms with Gasteiger partial charge in [0.2, 0.25) is 11.7 Å². The highest BCUT2D eigenvalue weighted by molar-refractivity contribution is 5.97. The molecule has 3 rings (SSSR count). The van der Waals surface area contributed by atoms with E-state index in [0.717, 1.165) is 11.1 Å². The van der Waals surface area contributed by atoms with Gasteiger partial charge in [-0.15, -0.1) is 0 Å². The van der Waals surface area contributed by atoms with Gasteiger partial charge < -0.3 is 14.6 Å². The number of aryl methyl sites for hydroxylation is 1. The van der Waals surface area contributed by atoms with Crippen molar-refractivity contribution in [3.8, 4) is 0 Å². The van der Waals surface area contributed by atoms with Crippen LogP contribution in [0.3, 0.4) is 0 Å². The molecule has 6 nitrogen and oxygen atoms in total. The number of carbonyl (C=O) groups is 2. The third-order valence-corrected chi connectivity index (χ3v) is 4.19. The normalized spacial score (nSPS) is 17.1. The Kier molecular flexibility index (Phi) is 4.13. The number of hydrogen-bond acceptors (Lipinski definition) is 4. The molecule has 2 aromatic rings. The molecule has 0 spiro atoms. The molecule has 0 unspecified atom stereocenters. The molecule has 126 valence electrons. The average Bonchev–Trinajstić information content (AvgIpc) is 2.94. The first-order valence-corrected chi connectivity index (χ1v) is 7.99. The standard InChI is InChI=1S/C18H21N3O3/c1-10(2)17-19-11(3)15(24-17)16(22)20-14-13-8-6-5-7-12(13)9-21(4)18(14)23/h5-8,10,14H,9H2,1-4H3,(H,20,22)/t14-/m1/s1. The van der Waals surface area contributed by atoms with Crippen LogP contribution in [0.2, 0.25) is 0 Å². The Balaban J connectivity index is 1.90. The second-order valence-corrected chi connectivity index (χ2v) is 6.42. The molecule has 6 heteroatoms. The molecular weight excluding hydrogens is 306 g/mol. The van der Waals surface area contributed by atoms with E-state index in [1.165, 1.54) is 0 Å². The van der Waals surface area contributed by atoms with Crippen LogP contribution in [0, 0.1) is 6.92 Å². The van der Waals surface area contributed by atoms with E-state index in [2.05, 4.69) is 10.3 Å². The summed E-state index contributed by atoms with van der Waals surface area (Å²) in [5.41, 5.74) is 2.39. The molecule has 2 amide bonds. The Morgan fingerprint density at radius 2 is 2.08 bits per heavy atom. The van der Waals surface area contributed by atoms with Crippen molar-refractivity contribution in [3.63, 3.8) is 0 Å². The topological polar surface area (TPSA) is 75.4 Å². The number of benzene rings is 1. The number of oxazole rings is 1. The van der Waals surface area contributed by atoms with Gasteiger partial charge in [-0.25, -0.2) is 4.98 Å². The van der Waals surface area contributed by atoms with E-state index < -0.39 is 11.9 Å². The number of likely N-dealkylation sites (N-methyl/N-ethyl adjacent to an activating group) is 1. The fraction of sp³-hybridized carbons (Fsp3) is 0.389. The van der Waals surface area contributed by atoms with Crippen molar-refractivity contribution in [2.75, 3.05) is 7.05 Å². The zero-order valence-electron chi connectivity index (χ0n) is 14.3. The van der Waals surface area contributed by atoms with E-state index in [-0.39, 0.29) is 17.6 Å². The lowest BCUT2D eigenvalue weighted by Crippen LogP contribution is -2.44. The number of carbonyl (C=O) groups excluding carboxylic acids is 2. The lowest BCUT2D eigenvalue weighted by molar-refractivity contribution is -0.133.